The predicted octanol–water partition coefficient (Wildman–Crippen LogP) is 3.35. The molecule has 0 aliphatic carbocycles. The van der Waals surface area contributed by atoms with Crippen molar-refractivity contribution in [2.75, 3.05) is 0 Å². The van der Waals surface area contributed by atoms with E-state index in [1.54, 1.807) is 24.5 Å². The quantitative estimate of drug-likeness (QED) is 0.783. The van der Waals surface area contributed by atoms with Crippen molar-refractivity contribution in [1.82, 2.24) is 4.98 Å². The van der Waals surface area contributed by atoms with Gasteiger partial charge in [-0.05, 0) is 46.3 Å². The van der Waals surface area contributed by atoms with E-state index >= 15 is 0 Å². The fraction of sp³-hybridized carbons (Fsp3) is 0.0833. The van der Waals surface area contributed by atoms with Crippen LogP contribution in [0.3, 0.4) is 0 Å². The minimum absolute atomic E-state index is 0.0469. The van der Waals surface area contributed by atoms with E-state index in [4.69, 9.17) is 15.4 Å². The highest BCUT2D eigenvalue weighted by atomic mass is 79.9. The van der Waals surface area contributed by atoms with Gasteiger partial charge in [-0.1, -0.05) is 0 Å². The molecular formula is C12H9BrClNO3S. The van der Waals surface area contributed by atoms with Crippen LogP contribution in [0.5, 0.6) is 5.75 Å². The zero-order chi connectivity index (χ0) is 13.9. The summed E-state index contributed by atoms with van der Waals surface area (Å²) in [5, 5.41) is 0. The van der Waals surface area contributed by atoms with Crippen LogP contribution in [0.15, 0.2) is 52.1 Å². The first-order valence-electron chi connectivity index (χ1n) is 5.22. The molecule has 7 heteroatoms. The van der Waals surface area contributed by atoms with Crippen LogP contribution in [0.1, 0.15) is 5.56 Å². The van der Waals surface area contributed by atoms with E-state index in [9.17, 15) is 8.42 Å². The topological polar surface area (TPSA) is 56.3 Å². The molecule has 0 atom stereocenters. The fourth-order valence-corrected chi connectivity index (χ4v) is 2.58. The van der Waals surface area contributed by atoms with Gasteiger partial charge < -0.3 is 4.74 Å². The Morgan fingerprint density at radius 2 is 1.89 bits per heavy atom. The molecule has 0 N–H and O–H groups in total. The number of halogens is 2. The second-order valence-corrected chi connectivity index (χ2v) is 7.19. The first-order valence-corrected chi connectivity index (χ1v) is 8.32. The van der Waals surface area contributed by atoms with Crippen molar-refractivity contribution in [3.8, 4) is 5.75 Å². The van der Waals surface area contributed by atoms with Crippen LogP contribution < -0.4 is 4.74 Å². The maximum Gasteiger partial charge on any atom is 0.261 e. The van der Waals surface area contributed by atoms with E-state index in [2.05, 4.69) is 20.9 Å². The van der Waals surface area contributed by atoms with E-state index < -0.39 is 9.05 Å². The van der Waals surface area contributed by atoms with Gasteiger partial charge in [0.1, 0.15) is 12.4 Å². The summed E-state index contributed by atoms with van der Waals surface area (Å²) in [4.78, 5) is 4.07. The summed E-state index contributed by atoms with van der Waals surface area (Å²) in [5.74, 6) is 0.559. The number of rotatable bonds is 4. The van der Waals surface area contributed by atoms with E-state index in [1.165, 1.54) is 12.1 Å². The van der Waals surface area contributed by atoms with Crippen LogP contribution in [0, 0.1) is 0 Å². The normalized spacial score (nSPS) is 11.3. The van der Waals surface area contributed by atoms with Gasteiger partial charge in [0.05, 0.1) is 4.90 Å². The fourth-order valence-electron chi connectivity index (χ4n) is 1.40. The number of hydrogen-bond acceptors (Lipinski definition) is 4. The molecule has 0 fully saturated rings. The smallest absolute Gasteiger partial charge is 0.261 e. The van der Waals surface area contributed by atoms with Crippen LogP contribution >= 0.6 is 26.6 Å². The van der Waals surface area contributed by atoms with Crippen LogP contribution in [0.2, 0.25) is 0 Å². The molecule has 1 aromatic heterocycles. The maximum absolute atomic E-state index is 11.1. The van der Waals surface area contributed by atoms with Gasteiger partial charge in [-0.25, -0.2) is 8.42 Å². The Morgan fingerprint density at radius 3 is 2.47 bits per heavy atom. The van der Waals surface area contributed by atoms with E-state index in [0.29, 0.717) is 12.4 Å². The van der Waals surface area contributed by atoms with Crippen molar-refractivity contribution in [2.45, 2.75) is 11.5 Å². The van der Waals surface area contributed by atoms with Crippen molar-refractivity contribution >= 4 is 35.7 Å². The number of ether oxygens (including phenoxy) is 1. The van der Waals surface area contributed by atoms with E-state index in [0.717, 1.165) is 10.0 Å². The van der Waals surface area contributed by atoms with Crippen molar-refractivity contribution in [2.24, 2.45) is 0 Å². The van der Waals surface area contributed by atoms with Crippen LogP contribution in [0.25, 0.3) is 0 Å². The Labute approximate surface area is 123 Å². The third-order valence-corrected chi connectivity index (χ3v) is 4.08. The molecule has 0 spiro atoms. The van der Waals surface area contributed by atoms with Gasteiger partial charge in [0.15, 0.2) is 0 Å². The van der Waals surface area contributed by atoms with Gasteiger partial charge in [0.2, 0.25) is 0 Å². The molecule has 0 saturated heterocycles. The van der Waals surface area contributed by atoms with Gasteiger partial charge in [-0.2, -0.15) is 0 Å². The Kier molecular flexibility index (Phi) is 4.44. The third-order valence-electron chi connectivity index (χ3n) is 2.27. The number of hydrogen-bond donors (Lipinski definition) is 0. The SMILES string of the molecule is O=S(=O)(Cl)c1ccc(OCc2cncc(Br)c2)cc1. The lowest BCUT2D eigenvalue weighted by molar-refractivity contribution is 0.305. The summed E-state index contributed by atoms with van der Waals surface area (Å²) in [5.41, 5.74) is 0.906. The predicted molar refractivity (Wildman–Crippen MR) is 75.7 cm³/mol. The molecule has 4 nitrogen and oxygen atoms in total. The Bertz CT molecular complexity index is 674. The summed E-state index contributed by atoms with van der Waals surface area (Å²) in [6, 6.07) is 7.81. The summed E-state index contributed by atoms with van der Waals surface area (Å²) in [7, 11) is 1.53. The molecule has 2 aromatic rings. The van der Waals surface area contributed by atoms with Crippen LogP contribution in [-0.4, -0.2) is 13.4 Å². The van der Waals surface area contributed by atoms with Gasteiger partial charge in [-0.15, -0.1) is 0 Å². The number of nitrogens with zero attached hydrogens (tertiary/aromatic N) is 1. The highest BCUT2D eigenvalue weighted by molar-refractivity contribution is 9.10. The summed E-state index contributed by atoms with van der Waals surface area (Å²) >= 11 is 3.32. The first kappa shape index (κ1) is 14.3. The molecule has 0 aliphatic rings. The highest BCUT2D eigenvalue weighted by Gasteiger charge is 2.09. The standard InChI is InChI=1S/C12H9BrClNO3S/c13-10-5-9(6-15-7-10)8-18-11-1-3-12(4-2-11)19(14,16)17/h1-7H,8H2. The van der Waals surface area contributed by atoms with Crippen molar-refractivity contribution < 1.29 is 13.2 Å². The highest BCUT2D eigenvalue weighted by Crippen LogP contribution is 2.20. The molecule has 0 aliphatic heterocycles. The van der Waals surface area contributed by atoms with Crippen molar-refractivity contribution in [1.29, 1.82) is 0 Å². The zero-order valence-electron chi connectivity index (χ0n) is 9.58. The van der Waals surface area contributed by atoms with E-state index in [-0.39, 0.29) is 4.90 Å². The molecule has 0 radical (unpaired) electrons. The minimum atomic E-state index is -3.69. The lowest BCUT2D eigenvalue weighted by Gasteiger charge is -2.06. The van der Waals surface area contributed by atoms with Gasteiger partial charge in [0.25, 0.3) is 9.05 Å². The molecule has 2 rings (SSSR count). The molecule has 0 unspecified atom stereocenters. The third kappa shape index (κ3) is 4.19. The van der Waals surface area contributed by atoms with Crippen molar-refractivity contribution in [3.63, 3.8) is 0 Å². The lowest BCUT2D eigenvalue weighted by Crippen LogP contribution is -1.97. The Morgan fingerprint density at radius 1 is 1.21 bits per heavy atom. The van der Waals surface area contributed by atoms with Gasteiger partial charge >= 0.3 is 0 Å². The largest absolute Gasteiger partial charge is 0.489 e. The second kappa shape index (κ2) is 5.90. The lowest BCUT2D eigenvalue weighted by atomic mass is 10.3. The molecule has 1 aromatic carbocycles. The molecule has 0 amide bonds. The summed E-state index contributed by atoms with van der Waals surface area (Å²) in [6.07, 6.45) is 3.38. The molecule has 0 saturated carbocycles. The summed E-state index contributed by atoms with van der Waals surface area (Å²) < 4.78 is 28.5. The average molecular weight is 363 g/mol. The van der Waals surface area contributed by atoms with Crippen LogP contribution in [0.4, 0.5) is 0 Å². The van der Waals surface area contributed by atoms with E-state index in [1.807, 2.05) is 6.07 Å². The number of pyridine rings is 1. The molecular weight excluding hydrogens is 354 g/mol. The number of aromatic nitrogens is 1. The second-order valence-electron chi connectivity index (χ2n) is 3.71. The average Bonchev–Trinajstić information content (AvgIpc) is 2.36. The molecule has 100 valence electrons. The maximum atomic E-state index is 11.1. The zero-order valence-corrected chi connectivity index (χ0v) is 12.7. The summed E-state index contributed by atoms with van der Waals surface area (Å²) in [6.45, 7) is 0.347. The first-order chi connectivity index (χ1) is 8.95. The Balaban J connectivity index is 2.05. The van der Waals surface area contributed by atoms with Crippen LogP contribution in [-0.2, 0) is 15.7 Å². The van der Waals surface area contributed by atoms with Gasteiger partial charge in [-0.3, -0.25) is 4.98 Å². The minimum Gasteiger partial charge on any atom is -0.489 e. The van der Waals surface area contributed by atoms with Gasteiger partial charge in [0, 0.05) is 33.1 Å². The Hall–Kier alpha value is -1.11. The monoisotopic (exact) mass is 361 g/mol. The van der Waals surface area contributed by atoms with Crippen molar-refractivity contribution in [3.05, 3.63) is 52.8 Å². The molecule has 19 heavy (non-hydrogen) atoms. The molecule has 0 bridgehead atoms. The molecule has 1 heterocycles. The number of benzene rings is 1.